The first-order valence-corrected chi connectivity index (χ1v) is 5.41. The number of benzene rings is 1. The fourth-order valence-corrected chi connectivity index (χ4v) is 1.85. The van der Waals surface area contributed by atoms with Crippen LogP contribution >= 0.6 is 0 Å². The molecule has 0 radical (unpaired) electrons. The number of nitrogens with zero attached hydrogens (tertiary/aromatic N) is 1. The third kappa shape index (κ3) is 2.49. The number of aliphatic hydroxyl groups excluding tert-OH is 1. The number of para-hydroxylation sites is 1. The molecule has 0 spiro atoms. The van der Waals surface area contributed by atoms with Crippen molar-refractivity contribution in [3.05, 3.63) is 29.8 Å². The highest BCUT2D eigenvalue weighted by Crippen LogP contribution is 2.28. The third-order valence-electron chi connectivity index (χ3n) is 2.99. The van der Waals surface area contributed by atoms with Crippen molar-refractivity contribution in [1.29, 1.82) is 0 Å². The number of rotatable bonds is 4. The molecule has 15 heavy (non-hydrogen) atoms. The molecule has 0 heterocycles. The van der Waals surface area contributed by atoms with Gasteiger partial charge in [0.15, 0.2) is 0 Å². The number of nitrogen functional groups attached to an aromatic ring is 1. The van der Waals surface area contributed by atoms with E-state index in [1.807, 2.05) is 24.3 Å². The van der Waals surface area contributed by atoms with Crippen LogP contribution in [0.3, 0.4) is 0 Å². The summed E-state index contributed by atoms with van der Waals surface area (Å²) in [5.41, 5.74) is 7.32. The minimum Gasteiger partial charge on any atom is -0.398 e. The van der Waals surface area contributed by atoms with E-state index in [0.29, 0.717) is 18.3 Å². The molecule has 3 nitrogen and oxygen atoms in total. The minimum absolute atomic E-state index is 0.475. The normalized spacial score (nSPS) is 18.1. The monoisotopic (exact) mass is 206 g/mol. The molecule has 3 heteroatoms. The maximum Gasteiger partial charge on any atom is 0.0936 e. The Bertz CT molecular complexity index is 336. The van der Waals surface area contributed by atoms with Crippen LogP contribution < -0.4 is 5.73 Å². The zero-order valence-corrected chi connectivity index (χ0v) is 9.06. The van der Waals surface area contributed by atoms with Crippen molar-refractivity contribution >= 4 is 5.69 Å². The van der Waals surface area contributed by atoms with Gasteiger partial charge in [0.25, 0.3) is 0 Å². The van der Waals surface area contributed by atoms with Crippen LogP contribution in [0.1, 0.15) is 24.5 Å². The molecule has 0 aromatic heterocycles. The molecule has 82 valence electrons. The van der Waals surface area contributed by atoms with E-state index in [1.54, 1.807) is 0 Å². The van der Waals surface area contributed by atoms with Gasteiger partial charge in [-0.05, 0) is 26.0 Å². The Morgan fingerprint density at radius 1 is 1.47 bits per heavy atom. The lowest BCUT2D eigenvalue weighted by molar-refractivity contribution is 0.124. The molecule has 1 aliphatic carbocycles. The first kappa shape index (κ1) is 10.5. The van der Waals surface area contributed by atoms with Gasteiger partial charge in [0, 0.05) is 23.8 Å². The molecule has 1 saturated carbocycles. The van der Waals surface area contributed by atoms with Crippen molar-refractivity contribution in [3.8, 4) is 0 Å². The maximum absolute atomic E-state index is 10.0. The number of nitrogens with two attached hydrogens (primary N) is 1. The Morgan fingerprint density at radius 3 is 2.73 bits per heavy atom. The van der Waals surface area contributed by atoms with E-state index in [4.69, 9.17) is 5.73 Å². The molecule has 1 unspecified atom stereocenters. The van der Waals surface area contributed by atoms with E-state index in [9.17, 15) is 5.11 Å². The van der Waals surface area contributed by atoms with Gasteiger partial charge in [-0.15, -0.1) is 0 Å². The summed E-state index contributed by atoms with van der Waals surface area (Å²) < 4.78 is 0. The summed E-state index contributed by atoms with van der Waals surface area (Å²) in [6.07, 6.45) is 2.04. The van der Waals surface area contributed by atoms with E-state index >= 15 is 0 Å². The standard InChI is InChI=1S/C12H18N2O/c1-14(9-6-7-9)8-12(15)10-4-2-3-5-11(10)13/h2-5,9,12,15H,6-8,13H2,1H3. The molecule has 3 N–H and O–H groups in total. The van der Waals surface area contributed by atoms with Crippen LogP contribution in [0.4, 0.5) is 5.69 Å². The summed E-state index contributed by atoms with van der Waals surface area (Å²) in [7, 11) is 2.06. The van der Waals surface area contributed by atoms with E-state index in [-0.39, 0.29) is 0 Å². The molecule has 0 aliphatic heterocycles. The van der Waals surface area contributed by atoms with Gasteiger partial charge < -0.3 is 15.7 Å². The fourth-order valence-electron chi connectivity index (χ4n) is 1.85. The molecule has 0 saturated heterocycles. The molecule has 0 bridgehead atoms. The second-order valence-electron chi connectivity index (χ2n) is 4.32. The molecule has 0 amide bonds. The number of likely N-dealkylation sites (N-methyl/N-ethyl adjacent to an activating group) is 1. The Morgan fingerprint density at radius 2 is 2.13 bits per heavy atom. The second-order valence-corrected chi connectivity index (χ2v) is 4.32. The highest BCUT2D eigenvalue weighted by Gasteiger charge is 2.27. The molecule has 1 aromatic rings. The van der Waals surface area contributed by atoms with E-state index in [0.717, 1.165) is 5.56 Å². The SMILES string of the molecule is CN(CC(O)c1ccccc1N)C1CC1. The number of hydrogen-bond donors (Lipinski definition) is 2. The summed E-state index contributed by atoms with van der Waals surface area (Å²) in [4.78, 5) is 2.21. The first-order valence-electron chi connectivity index (χ1n) is 5.41. The van der Waals surface area contributed by atoms with Crippen molar-refractivity contribution in [2.45, 2.75) is 25.0 Å². The quantitative estimate of drug-likeness (QED) is 0.732. The smallest absolute Gasteiger partial charge is 0.0936 e. The van der Waals surface area contributed by atoms with Gasteiger partial charge in [0.05, 0.1) is 6.10 Å². The number of anilines is 1. The van der Waals surface area contributed by atoms with E-state index in [1.165, 1.54) is 12.8 Å². The molecule has 1 aliphatic rings. The molecule has 2 rings (SSSR count). The van der Waals surface area contributed by atoms with E-state index < -0.39 is 6.10 Å². The summed E-state index contributed by atoms with van der Waals surface area (Å²) >= 11 is 0. The van der Waals surface area contributed by atoms with Crippen LogP contribution in [0, 0.1) is 0 Å². The zero-order valence-electron chi connectivity index (χ0n) is 9.06. The number of hydrogen-bond acceptors (Lipinski definition) is 3. The van der Waals surface area contributed by atoms with Gasteiger partial charge in [-0.25, -0.2) is 0 Å². The van der Waals surface area contributed by atoms with Gasteiger partial charge in [0.1, 0.15) is 0 Å². The third-order valence-corrected chi connectivity index (χ3v) is 2.99. The fraction of sp³-hybridized carbons (Fsp3) is 0.500. The zero-order chi connectivity index (χ0) is 10.8. The van der Waals surface area contributed by atoms with Crippen molar-refractivity contribution in [1.82, 2.24) is 4.90 Å². The Labute approximate surface area is 90.5 Å². The van der Waals surface area contributed by atoms with E-state index in [2.05, 4.69) is 11.9 Å². The molecular weight excluding hydrogens is 188 g/mol. The molecule has 1 aromatic carbocycles. The second kappa shape index (κ2) is 4.21. The molecule has 1 fully saturated rings. The van der Waals surface area contributed by atoms with Crippen LogP contribution in [0.2, 0.25) is 0 Å². The summed E-state index contributed by atoms with van der Waals surface area (Å²) in [6.45, 7) is 0.666. The van der Waals surface area contributed by atoms with Gasteiger partial charge in [-0.3, -0.25) is 0 Å². The average molecular weight is 206 g/mol. The Balaban J connectivity index is 2.00. The number of aliphatic hydroxyl groups is 1. The van der Waals surface area contributed by atoms with Crippen molar-refractivity contribution in [2.75, 3.05) is 19.3 Å². The molecule has 1 atom stereocenters. The van der Waals surface area contributed by atoms with Gasteiger partial charge in [-0.1, -0.05) is 18.2 Å². The van der Waals surface area contributed by atoms with Crippen LogP contribution in [-0.4, -0.2) is 29.6 Å². The van der Waals surface area contributed by atoms with Crippen molar-refractivity contribution in [2.24, 2.45) is 0 Å². The Hall–Kier alpha value is -1.06. The lowest BCUT2D eigenvalue weighted by Crippen LogP contribution is -2.26. The van der Waals surface area contributed by atoms with Crippen LogP contribution in [-0.2, 0) is 0 Å². The highest BCUT2D eigenvalue weighted by atomic mass is 16.3. The average Bonchev–Trinajstić information content (AvgIpc) is 3.01. The Kier molecular flexibility index (Phi) is 2.93. The van der Waals surface area contributed by atoms with Gasteiger partial charge >= 0.3 is 0 Å². The predicted octanol–water partition coefficient (Wildman–Crippen LogP) is 1.40. The summed E-state index contributed by atoms with van der Waals surface area (Å²) in [5, 5.41) is 10.0. The van der Waals surface area contributed by atoms with Crippen molar-refractivity contribution in [3.63, 3.8) is 0 Å². The topological polar surface area (TPSA) is 49.5 Å². The maximum atomic E-state index is 10.0. The first-order chi connectivity index (χ1) is 7.18. The lowest BCUT2D eigenvalue weighted by Gasteiger charge is -2.21. The van der Waals surface area contributed by atoms with Crippen LogP contribution in [0.15, 0.2) is 24.3 Å². The highest BCUT2D eigenvalue weighted by molar-refractivity contribution is 5.47. The van der Waals surface area contributed by atoms with Gasteiger partial charge in [0.2, 0.25) is 0 Å². The summed E-state index contributed by atoms with van der Waals surface area (Å²) in [6, 6.07) is 8.18. The van der Waals surface area contributed by atoms with Crippen LogP contribution in [0.5, 0.6) is 0 Å². The lowest BCUT2D eigenvalue weighted by atomic mass is 10.1. The minimum atomic E-state index is -0.475. The van der Waals surface area contributed by atoms with Gasteiger partial charge in [-0.2, -0.15) is 0 Å². The largest absolute Gasteiger partial charge is 0.398 e. The summed E-state index contributed by atoms with van der Waals surface area (Å²) in [5.74, 6) is 0. The predicted molar refractivity (Wildman–Crippen MR) is 61.5 cm³/mol. The van der Waals surface area contributed by atoms with Crippen molar-refractivity contribution < 1.29 is 5.11 Å². The molecular formula is C12H18N2O. The van der Waals surface area contributed by atoms with Crippen LogP contribution in [0.25, 0.3) is 0 Å².